The Hall–Kier alpha value is -2.15. The van der Waals surface area contributed by atoms with Crippen molar-refractivity contribution in [2.75, 3.05) is 11.9 Å². The van der Waals surface area contributed by atoms with E-state index in [0.717, 1.165) is 55.4 Å². The maximum absolute atomic E-state index is 13.2. The number of aliphatic carboxylic acids is 1. The van der Waals surface area contributed by atoms with Crippen LogP contribution in [0.25, 0.3) is 0 Å². The summed E-state index contributed by atoms with van der Waals surface area (Å²) < 4.78 is 5.28. The van der Waals surface area contributed by atoms with E-state index < -0.39 is 23.8 Å². The zero-order chi connectivity index (χ0) is 20.5. The monoisotopic (exact) mass is 417 g/mol. The number of carbonyl (C=O) groups is 3. The SMILES string of the molecule is CCOC(=O)c1c(NC(=O)C2C3C=CC(CC3)C2C(=O)O)sc2c1CCCCC2. The lowest BCUT2D eigenvalue weighted by Gasteiger charge is -2.41. The molecule has 4 atom stereocenters. The fraction of sp³-hybridized carbons (Fsp3) is 0.591. The first-order valence-electron chi connectivity index (χ1n) is 10.5. The van der Waals surface area contributed by atoms with Crippen molar-refractivity contribution >= 4 is 34.2 Å². The Balaban J connectivity index is 1.65. The molecule has 7 heteroatoms. The summed E-state index contributed by atoms with van der Waals surface area (Å²) in [4.78, 5) is 39.0. The second-order valence-electron chi connectivity index (χ2n) is 8.16. The molecule has 0 radical (unpaired) electrons. The molecular weight excluding hydrogens is 390 g/mol. The summed E-state index contributed by atoms with van der Waals surface area (Å²) in [5.41, 5.74) is 1.48. The van der Waals surface area contributed by atoms with Crippen LogP contribution < -0.4 is 5.32 Å². The third-order valence-corrected chi connectivity index (χ3v) is 7.68. The van der Waals surface area contributed by atoms with Crippen LogP contribution in [0.5, 0.6) is 0 Å². The van der Waals surface area contributed by atoms with Crippen molar-refractivity contribution in [3.05, 3.63) is 28.2 Å². The van der Waals surface area contributed by atoms with Crippen molar-refractivity contribution < 1.29 is 24.2 Å². The molecule has 1 aromatic heterocycles. The molecule has 2 N–H and O–H groups in total. The second-order valence-corrected chi connectivity index (χ2v) is 9.26. The van der Waals surface area contributed by atoms with E-state index in [9.17, 15) is 19.5 Å². The highest BCUT2D eigenvalue weighted by atomic mass is 32.1. The highest BCUT2D eigenvalue weighted by Crippen LogP contribution is 2.46. The van der Waals surface area contributed by atoms with Crippen LogP contribution in [0, 0.1) is 23.7 Å². The van der Waals surface area contributed by atoms with Gasteiger partial charge in [0.15, 0.2) is 0 Å². The van der Waals surface area contributed by atoms with Crippen LogP contribution >= 0.6 is 11.3 Å². The van der Waals surface area contributed by atoms with Crippen LogP contribution in [0.4, 0.5) is 5.00 Å². The lowest BCUT2D eigenvalue weighted by Crippen LogP contribution is -2.47. The molecule has 4 aliphatic carbocycles. The summed E-state index contributed by atoms with van der Waals surface area (Å²) >= 11 is 1.45. The summed E-state index contributed by atoms with van der Waals surface area (Å²) in [7, 11) is 0. The number of amides is 1. The highest BCUT2D eigenvalue weighted by molar-refractivity contribution is 7.17. The van der Waals surface area contributed by atoms with Crippen LogP contribution in [0.15, 0.2) is 12.2 Å². The van der Waals surface area contributed by atoms with E-state index in [1.807, 2.05) is 12.2 Å². The minimum Gasteiger partial charge on any atom is -0.481 e. The van der Waals surface area contributed by atoms with Crippen LogP contribution in [-0.2, 0) is 27.2 Å². The molecule has 1 heterocycles. The molecule has 1 aromatic rings. The number of esters is 1. The van der Waals surface area contributed by atoms with Crippen LogP contribution in [0.1, 0.15) is 59.8 Å². The molecule has 4 aliphatic rings. The molecule has 0 spiro atoms. The Morgan fingerprint density at radius 2 is 1.79 bits per heavy atom. The molecule has 0 saturated heterocycles. The number of rotatable bonds is 5. The van der Waals surface area contributed by atoms with Gasteiger partial charge in [0.2, 0.25) is 5.91 Å². The van der Waals surface area contributed by atoms with Crippen LogP contribution in [-0.4, -0.2) is 29.6 Å². The first-order chi connectivity index (χ1) is 14.0. The van der Waals surface area contributed by atoms with Crippen molar-refractivity contribution in [1.29, 1.82) is 0 Å². The first-order valence-corrected chi connectivity index (χ1v) is 11.4. The highest BCUT2D eigenvalue weighted by Gasteiger charge is 2.48. The van der Waals surface area contributed by atoms with E-state index in [-0.39, 0.29) is 24.3 Å². The topological polar surface area (TPSA) is 92.7 Å². The summed E-state index contributed by atoms with van der Waals surface area (Å²) in [6, 6.07) is 0. The number of thiophene rings is 1. The Morgan fingerprint density at radius 1 is 1.10 bits per heavy atom. The Bertz CT molecular complexity index is 858. The quantitative estimate of drug-likeness (QED) is 0.428. The van der Waals surface area contributed by atoms with Gasteiger partial charge in [-0.25, -0.2) is 4.79 Å². The summed E-state index contributed by atoms with van der Waals surface area (Å²) in [5, 5.41) is 13.2. The summed E-state index contributed by atoms with van der Waals surface area (Å²) in [6.45, 7) is 2.04. The molecule has 29 heavy (non-hydrogen) atoms. The van der Waals surface area contributed by atoms with E-state index in [4.69, 9.17) is 4.74 Å². The normalized spacial score (nSPS) is 27.8. The number of fused-ring (bicyclic) bond motifs is 3. The predicted molar refractivity (Wildman–Crippen MR) is 110 cm³/mol. The van der Waals surface area contributed by atoms with Gasteiger partial charge >= 0.3 is 11.9 Å². The largest absolute Gasteiger partial charge is 0.481 e. The fourth-order valence-electron chi connectivity index (χ4n) is 5.13. The zero-order valence-corrected chi connectivity index (χ0v) is 17.4. The zero-order valence-electron chi connectivity index (χ0n) is 16.6. The molecule has 4 unspecified atom stereocenters. The number of hydrogen-bond donors (Lipinski definition) is 2. The van der Waals surface area contributed by atoms with Crippen LogP contribution in [0.2, 0.25) is 0 Å². The average molecular weight is 418 g/mol. The Kier molecular flexibility index (Phi) is 5.76. The number of hydrogen-bond acceptors (Lipinski definition) is 5. The van der Waals surface area contributed by atoms with Crippen molar-refractivity contribution in [1.82, 2.24) is 0 Å². The average Bonchev–Trinajstić information content (AvgIpc) is 2.88. The van der Waals surface area contributed by atoms with Gasteiger partial charge in [-0.15, -0.1) is 11.3 Å². The van der Waals surface area contributed by atoms with Gasteiger partial charge in [-0.05, 0) is 62.8 Å². The van der Waals surface area contributed by atoms with Gasteiger partial charge in [0, 0.05) is 4.88 Å². The number of aryl methyl sites for hydroxylation is 1. The predicted octanol–water partition coefficient (Wildman–Crippen LogP) is 4.05. The summed E-state index contributed by atoms with van der Waals surface area (Å²) in [5.74, 6) is -3.09. The molecule has 2 bridgehead atoms. The Morgan fingerprint density at radius 3 is 2.45 bits per heavy atom. The van der Waals surface area contributed by atoms with Crippen molar-refractivity contribution in [2.24, 2.45) is 23.7 Å². The van der Waals surface area contributed by atoms with Crippen molar-refractivity contribution in [3.63, 3.8) is 0 Å². The smallest absolute Gasteiger partial charge is 0.341 e. The number of carbonyl (C=O) groups excluding carboxylic acids is 2. The van der Waals surface area contributed by atoms with E-state index in [1.165, 1.54) is 11.3 Å². The maximum Gasteiger partial charge on any atom is 0.341 e. The number of nitrogens with one attached hydrogen (secondary N) is 1. The minimum absolute atomic E-state index is 0.0649. The molecule has 1 amide bonds. The minimum atomic E-state index is -0.920. The van der Waals surface area contributed by atoms with E-state index >= 15 is 0 Å². The standard InChI is InChI=1S/C22H27NO5S/c1-2-28-22(27)18-14-6-4-3-5-7-15(14)29-20(18)23-19(24)16-12-8-10-13(11-9-12)17(16)21(25)26/h8,10,12-13,16-17H,2-7,9,11H2,1H3,(H,23,24)(H,25,26). The molecule has 1 fully saturated rings. The van der Waals surface area contributed by atoms with Gasteiger partial charge in [-0.2, -0.15) is 0 Å². The maximum atomic E-state index is 13.2. The van der Waals surface area contributed by atoms with Gasteiger partial charge < -0.3 is 15.2 Å². The van der Waals surface area contributed by atoms with Gasteiger partial charge in [-0.1, -0.05) is 18.6 Å². The third-order valence-electron chi connectivity index (χ3n) is 6.47. The molecule has 156 valence electrons. The number of carboxylic acids is 1. The van der Waals surface area contributed by atoms with Gasteiger partial charge in [-0.3, -0.25) is 9.59 Å². The van der Waals surface area contributed by atoms with Crippen molar-refractivity contribution in [2.45, 2.75) is 51.9 Å². The first kappa shape index (κ1) is 20.1. The van der Waals surface area contributed by atoms with E-state index in [2.05, 4.69) is 5.32 Å². The van der Waals surface area contributed by atoms with E-state index in [1.54, 1.807) is 6.92 Å². The molecular formula is C22H27NO5S. The molecule has 0 aromatic carbocycles. The number of ether oxygens (including phenoxy) is 1. The lowest BCUT2D eigenvalue weighted by molar-refractivity contribution is -0.151. The Labute approximate surface area is 174 Å². The molecule has 6 nitrogen and oxygen atoms in total. The number of allylic oxidation sites excluding steroid dienone is 2. The number of carboxylic acid groups (broad SMARTS) is 1. The second kappa shape index (κ2) is 8.30. The molecule has 5 rings (SSSR count). The fourth-order valence-corrected chi connectivity index (χ4v) is 6.41. The number of anilines is 1. The van der Waals surface area contributed by atoms with Crippen LogP contribution in [0.3, 0.4) is 0 Å². The van der Waals surface area contributed by atoms with Gasteiger partial charge in [0.05, 0.1) is 24.0 Å². The molecule has 1 saturated carbocycles. The van der Waals surface area contributed by atoms with E-state index in [0.29, 0.717) is 10.6 Å². The van der Waals surface area contributed by atoms with Gasteiger partial charge in [0.1, 0.15) is 5.00 Å². The van der Waals surface area contributed by atoms with Crippen molar-refractivity contribution in [3.8, 4) is 0 Å². The third kappa shape index (κ3) is 3.72. The summed E-state index contributed by atoms with van der Waals surface area (Å²) in [6.07, 6.45) is 10.5. The molecule has 0 aliphatic heterocycles. The van der Waals surface area contributed by atoms with Gasteiger partial charge in [0.25, 0.3) is 0 Å². The lowest BCUT2D eigenvalue weighted by atomic mass is 9.62.